The maximum Gasteiger partial charge on any atom is 0.300 e. The van der Waals surface area contributed by atoms with E-state index in [2.05, 4.69) is 9.99 Å². The minimum atomic E-state index is -0.437. The highest BCUT2D eigenvalue weighted by molar-refractivity contribution is 6.31. The first-order valence-electron chi connectivity index (χ1n) is 6.43. The first-order valence-corrected chi connectivity index (χ1v) is 6.81. The van der Waals surface area contributed by atoms with Crippen molar-refractivity contribution in [3.05, 3.63) is 58.6 Å². The highest BCUT2D eigenvalue weighted by Crippen LogP contribution is 2.23. The highest BCUT2D eigenvalue weighted by atomic mass is 35.5. The van der Waals surface area contributed by atoms with Gasteiger partial charge >= 0.3 is 5.91 Å². The number of amides is 1. The van der Waals surface area contributed by atoms with Crippen LogP contribution in [0.3, 0.4) is 0 Å². The Hall–Kier alpha value is -2.24. The van der Waals surface area contributed by atoms with Crippen molar-refractivity contribution in [3.63, 3.8) is 0 Å². The molecule has 2 aromatic heterocycles. The summed E-state index contributed by atoms with van der Waals surface area (Å²) in [5.74, 6) is 5.59. The summed E-state index contributed by atoms with van der Waals surface area (Å²) in [6.07, 6.45) is 1.98. The van der Waals surface area contributed by atoms with Gasteiger partial charge in [0.05, 0.1) is 6.54 Å². The molecule has 0 aliphatic carbocycles. The van der Waals surface area contributed by atoms with Gasteiger partial charge in [-0.25, -0.2) is 5.84 Å². The summed E-state index contributed by atoms with van der Waals surface area (Å²) in [7, 11) is 0. The summed E-state index contributed by atoms with van der Waals surface area (Å²) in [5.41, 5.74) is 4.07. The number of aryl methyl sites for hydroxylation is 1. The van der Waals surface area contributed by atoms with Crippen LogP contribution in [0.5, 0.6) is 0 Å². The third-order valence-electron chi connectivity index (χ3n) is 3.45. The van der Waals surface area contributed by atoms with Gasteiger partial charge in [0.15, 0.2) is 5.76 Å². The molecule has 0 spiro atoms. The number of furan rings is 1. The normalized spacial score (nSPS) is 11.0. The van der Waals surface area contributed by atoms with Crippen molar-refractivity contribution in [2.75, 3.05) is 0 Å². The van der Waals surface area contributed by atoms with Gasteiger partial charge < -0.3 is 8.98 Å². The predicted octanol–water partition coefficient (Wildman–Crippen LogP) is 2.85. The molecule has 0 aliphatic heterocycles. The smallest absolute Gasteiger partial charge is 0.300 e. The van der Waals surface area contributed by atoms with E-state index in [9.17, 15) is 4.79 Å². The molecular formula is C15H14ClN3O2. The molecule has 6 heteroatoms. The summed E-state index contributed by atoms with van der Waals surface area (Å²) < 4.78 is 7.50. The first-order chi connectivity index (χ1) is 10.1. The van der Waals surface area contributed by atoms with Gasteiger partial charge in [-0.2, -0.15) is 0 Å². The lowest BCUT2D eigenvalue weighted by atomic mass is 10.2. The molecule has 0 bridgehead atoms. The van der Waals surface area contributed by atoms with E-state index >= 15 is 0 Å². The van der Waals surface area contributed by atoms with E-state index in [0.717, 1.165) is 16.5 Å². The number of hydrazine groups is 1. The second kappa shape index (κ2) is 5.27. The van der Waals surface area contributed by atoms with E-state index in [1.165, 1.54) is 0 Å². The van der Waals surface area contributed by atoms with Crippen LogP contribution >= 0.6 is 11.6 Å². The molecule has 3 rings (SSSR count). The molecule has 0 atom stereocenters. The third-order valence-corrected chi connectivity index (χ3v) is 3.68. The van der Waals surface area contributed by atoms with E-state index in [-0.39, 0.29) is 5.76 Å². The Labute approximate surface area is 126 Å². The predicted molar refractivity (Wildman–Crippen MR) is 81.1 cm³/mol. The Morgan fingerprint density at radius 3 is 2.95 bits per heavy atom. The van der Waals surface area contributed by atoms with E-state index in [4.69, 9.17) is 21.9 Å². The van der Waals surface area contributed by atoms with Gasteiger partial charge in [0.25, 0.3) is 0 Å². The van der Waals surface area contributed by atoms with Crippen molar-refractivity contribution in [2.24, 2.45) is 5.84 Å². The highest BCUT2D eigenvalue weighted by Gasteiger charge is 2.14. The molecule has 1 amide bonds. The number of nitrogens with zero attached hydrogens (tertiary/aromatic N) is 1. The molecule has 2 heterocycles. The minimum absolute atomic E-state index is 0.213. The van der Waals surface area contributed by atoms with Crippen LogP contribution in [0.2, 0.25) is 5.02 Å². The molecule has 0 fully saturated rings. The van der Waals surface area contributed by atoms with E-state index in [1.807, 2.05) is 37.4 Å². The summed E-state index contributed by atoms with van der Waals surface area (Å²) >= 11 is 5.99. The van der Waals surface area contributed by atoms with Crippen LogP contribution in [0.4, 0.5) is 0 Å². The van der Waals surface area contributed by atoms with Crippen molar-refractivity contribution < 1.29 is 9.21 Å². The van der Waals surface area contributed by atoms with E-state index in [1.54, 1.807) is 6.07 Å². The topological polar surface area (TPSA) is 73.2 Å². The fraction of sp³-hybridized carbons (Fsp3) is 0.133. The van der Waals surface area contributed by atoms with Crippen LogP contribution in [0.15, 0.2) is 40.9 Å². The molecule has 21 heavy (non-hydrogen) atoms. The number of nitrogen functional groups attached to an aromatic ring is 1. The van der Waals surface area contributed by atoms with E-state index < -0.39 is 5.91 Å². The largest absolute Gasteiger partial charge is 0.456 e. The van der Waals surface area contributed by atoms with Crippen LogP contribution in [-0.2, 0) is 6.54 Å². The van der Waals surface area contributed by atoms with Crippen molar-refractivity contribution in [1.82, 2.24) is 9.99 Å². The molecule has 0 radical (unpaired) electrons. The molecule has 0 aliphatic rings. The van der Waals surface area contributed by atoms with Crippen LogP contribution in [0, 0.1) is 6.92 Å². The SMILES string of the molecule is Cc1oc(C(=O)NN)cc1Cn1ccc2cc(Cl)ccc21. The monoisotopic (exact) mass is 303 g/mol. The molecule has 1 aromatic carbocycles. The number of aromatic nitrogens is 1. The molecule has 108 valence electrons. The maximum absolute atomic E-state index is 11.5. The summed E-state index contributed by atoms with van der Waals surface area (Å²) in [6.45, 7) is 2.43. The maximum atomic E-state index is 11.5. The van der Waals surface area contributed by atoms with Crippen LogP contribution in [0.25, 0.3) is 10.9 Å². The van der Waals surface area contributed by atoms with Crippen LogP contribution in [-0.4, -0.2) is 10.5 Å². The Morgan fingerprint density at radius 1 is 1.38 bits per heavy atom. The Balaban J connectivity index is 1.95. The quantitative estimate of drug-likeness (QED) is 0.444. The fourth-order valence-corrected chi connectivity index (χ4v) is 2.53. The van der Waals surface area contributed by atoms with Crippen molar-refractivity contribution in [3.8, 4) is 0 Å². The molecule has 5 nitrogen and oxygen atoms in total. The molecule has 0 unspecified atom stereocenters. The molecular weight excluding hydrogens is 290 g/mol. The molecule has 3 aromatic rings. The molecule has 0 saturated carbocycles. The zero-order valence-electron chi connectivity index (χ0n) is 11.4. The number of nitrogens with two attached hydrogens (primary N) is 1. The van der Waals surface area contributed by atoms with Crippen molar-refractivity contribution >= 4 is 28.4 Å². The van der Waals surface area contributed by atoms with Gasteiger partial charge in [0, 0.05) is 27.7 Å². The standard InChI is InChI=1S/C15H14ClN3O2/c1-9-11(7-14(21-9)15(20)18-17)8-19-5-4-10-6-12(16)2-3-13(10)19/h2-7H,8,17H2,1H3,(H,18,20). The third kappa shape index (κ3) is 2.53. The van der Waals surface area contributed by atoms with Crippen LogP contribution in [0.1, 0.15) is 21.9 Å². The lowest BCUT2D eigenvalue weighted by Gasteiger charge is -2.04. The number of nitrogens with one attached hydrogen (secondary N) is 1. The lowest BCUT2D eigenvalue weighted by molar-refractivity contribution is 0.0924. The number of halogens is 1. The number of rotatable bonds is 3. The number of carbonyl (C=O) groups excluding carboxylic acids is 1. The second-order valence-electron chi connectivity index (χ2n) is 4.81. The fourth-order valence-electron chi connectivity index (χ4n) is 2.35. The number of hydrogen-bond donors (Lipinski definition) is 2. The number of carbonyl (C=O) groups is 1. The zero-order valence-corrected chi connectivity index (χ0v) is 12.1. The summed E-state index contributed by atoms with van der Waals surface area (Å²) in [4.78, 5) is 11.5. The van der Waals surface area contributed by atoms with Gasteiger partial charge in [0.2, 0.25) is 0 Å². The van der Waals surface area contributed by atoms with Gasteiger partial charge in [-0.05, 0) is 37.3 Å². The zero-order chi connectivity index (χ0) is 15.0. The Kier molecular flexibility index (Phi) is 3.45. The first kappa shape index (κ1) is 13.7. The molecule has 0 saturated heterocycles. The van der Waals surface area contributed by atoms with Gasteiger partial charge in [-0.1, -0.05) is 11.6 Å². The van der Waals surface area contributed by atoms with Gasteiger partial charge in [-0.3, -0.25) is 10.2 Å². The minimum Gasteiger partial charge on any atom is -0.456 e. The lowest BCUT2D eigenvalue weighted by Crippen LogP contribution is -2.29. The molecule has 3 N–H and O–H groups in total. The van der Waals surface area contributed by atoms with Crippen molar-refractivity contribution in [2.45, 2.75) is 13.5 Å². The summed E-state index contributed by atoms with van der Waals surface area (Å²) in [6, 6.07) is 9.46. The average molecular weight is 304 g/mol. The van der Waals surface area contributed by atoms with Crippen molar-refractivity contribution in [1.29, 1.82) is 0 Å². The van der Waals surface area contributed by atoms with Gasteiger partial charge in [-0.15, -0.1) is 0 Å². The van der Waals surface area contributed by atoms with Gasteiger partial charge in [0.1, 0.15) is 5.76 Å². The number of benzene rings is 1. The average Bonchev–Trinajstić information content (AvgIpc) is 3.03. The number of hydrogen-bond acceptors (Lipinski definition) is 3. The summed E-state index contributed by atoms with van der Waals surface area (Å²) in [5, 5.41) is 1.78. The second-order valence-corrected chi connectivity index (χ2v) is 5.25. The van der Waals surface area contributed by atoms with E-state index in [0.29, 0.717) is 17.3 Å². The van der Waals surface area contributed by atoms with Crippen LogP contribution < -0.4 is 11.3 Å². The number of fused-ring (bicyclic) bond motifs is 1. The Morgan fingerprint density at radius 2 is 2.19 bits per heavy atom. The Bertz CT molecular complexity index is 820.